The molecule has 0 aliphatic carbocycles. The molecule has 1 aromatic carbocycles. The van der Waals surface area contributed by atoms with Crippen LogP contribution in [0.25, 0.3) is 17.3 Å². The molecule has 0 atom stereocenters. The highest BCUT2D eigenvalue weighted by Gasteiger charge is 2.15. The van der Waals surface area contributed by atoms with Crippen LogP contribution < -0.4 is 15.8 Å². The molecule has 32 heavy (non-hydrogen) atoms. The molecule has 170 valence electrons. The molecule has 0 aliphatic heterocycles. The second-order valence-electron chi connectivity index (χ2n) is 6.23. The predicted octanol–water partition coefficient (Wildman–Crippen LogP) is 5.83. The Hall–Kier alpha value is -3.36. The number of anilines is 3. The molecule has 0 saturated carbocycles. The van der Waals surface area contributed by atoms with Gasteiger partial charge in [-0.15, -0.1) is 6.58 Å². The quantitative estimate of drug-likeness (QED) is 0.193. The average molecular weight is 453 g/mol. The lowest BCUT2D eigenvalue weighted by Crippen LogP contribution is -1.99. The van der Waals surface area contributed by atoms with Gasteiger partial charge in [0.05, 0.1) is 17.0 Å². The van der Waals surface area contributed by atoms with Gasteiger partial charge in [-0.1, -0.05) is 49.7 Å². The molecule has 0 bridgehead atoms. The van der Waals surface area contributed by atoms with Crippen LogP contribution >= 0.6 is 11.9 Å². The molecule has 0 aliphatic rings. The maximum atomic E-state index is 11.7. The van der Waals surface area contributed by atoms with Crippen molar-refractivity contribution in [3.63, 3.8) is 0 Å². The van der Waals surface area contributed by atoms with Crippen molar-refractivity contribution in [1.82, 2.24) is 15.2 Å². The van der Waals surface area contributed by atoms with Crippen LogP contribution in [0.1, 0.15) is 35.5 Å². The van der Waals surface area contributed by atoms with Crippen LogP contribution in [0.3, 0.4) is 0 Å². The first kappa shape index (κ1) is 26.7. The fourth-order valence-corrected chi connectivity index (χ4v) is 3.03. The van der Waals surface area contributed by atoms with E-state index in [0.29, 0.717) is 22.9 Å². The molecule has 7 nitrogen and oxygen atoms in total. The first-order valence-electron chi connectivity index (χ1n) is 10.1. The Morgan fingerprint density at radius 3 is 2.38 bits per heavy atom. The highest BCUT2D eigenvalue weighted by molar-refractivity contribution is 8.00. The van der Waals surface area contributed by atoms with Gasteiger partial charge >= 0.3 is 0 Å². The summed E-state index contributed by atoms with van der Waals surface area (Å²) in [5, 5.41) is 10.3. The number of H-pyrrole nitrogens is 1. The summed E-state index contributed by atoms with van der Waals surface area (Å²) in [7, 11) is 1.50. The third-order valence-corrected chi connectivity index (χ3v) is 4.67. The molecule has 5 N–H and O–H groups in total. The number of hydrogen-bond acceptors (Lipinski definition) is 7. The number of benzene rings is 1. The minimum absolute atomic E-state index is 0.440. The lowest BCUT2D eigenvalue weighted by molar-refractivity contribution is 0.112. The molecule has 0 saturated heterocycles. The number of allylic oxidation sites excluding steroid dienone is 1. The zero-order chi connectivity index (χ0) is 23.9. The zero-order valence-electron chi connectivity index (χ0n) is 19.1. The summed E-state index contributed by atoms with van der Waals surface area (Å²) in [5.74, 6) is 2.02. The molecule has 2 aromatic heterocycles. The number of aromatic amines is 1. The summed E-state index contributed by atoms with van der Waals surface area (Å²) in [5.41, 5.74) is 9.34. The van der Waals surface area contributed by atoms with E-state index in [1.807, 2.05) is 50.2 Å². The molecule has 3 aromatic rings. The molecule has 0 radical (unpaired) electrons. The number of nitrogens with one attached hydrogen (secondary N) is 3. The highest BCUT2D eigenvalue weighted by Crippen LogP contribution is 2.28. The smallest absolute Gasteiger partial charge is 0.164 e. The monoisotopic (exact) mass is 452 g/mol. The molecular weight excluding hydrogens is 420 g/mol. The van der Waals surface area contributed by atoms with Gasteiger partial charge in [0.25, 0.3) is 0 Å². The van der Waals surface area contributed by atoms with Gasteiger partial charge in [-0.05, 0) is 50.7 Å². The van der Waals surface area contributed by atoms with Crippen molar-refractivity contribution in [3.8, 4) is 11.3 Å². The number of aldehydes is 1. The lowest BCUT2D eigenvalue weighted by atomic mass is 10.1. The van der Waals surface area contributed by atoms with Crippen molar-refractivity contribution in [2.45, 2.75) is 20.8 Å². The van der Waals surface area contributed by atoms with Crippen LogP contribution in [-0.4, -0.2) is 34.3 Å². The van der Waals surface area contributed by atoms with E-state index in [-0.39, 0.29) is 0 Å². The van der Waals surface area contributed by atoms with Gasteiger partial charge in [-0.3, -0.25) is 9.89 Å². The third kappa shape index (κ3) is 7.40. The second kappa shape index (κ2) is 14.6. The van der Waals surface area contributed by atoms with Gasteiger partial charge in [0.2, 0.25) is 0 Å². The second-order valence-corrected chi connectivity index (χ2v) is 7.30. The average Bonchev–Trinajstić information content (AvgIpc) is 3.23. The van der Waals surface area contributed by atoms with Crippen LogP contribution in [0.4, 0.5) is 17.3 Å². The Morgan fingerprint density at radius 1 is 1.16 bits per heavy atom. The molecule has 0 unspecified atom stereocenters. The van der Waals surface area contributed by atoms with Crippen molar-refractivity contribution in [2.24, 2.45) is 5.73 Å². The van der Waals surface area contributed by atoms with E-state index >= 15 is 0 Å². The summed E-state index contributed by atoms with van der Waals surface area (Å²) < 4.78 is 3.25. The molecule has 2 heterocycles. The normalized spacial score (nSPS) is 9.41. The van der Waals surface area contributed by atoms with Crippen molar-refractivity contribution in [1.29, 1.82) is 0 Å². The van der Waals surface area contributed by atoms with E-state index in [9.17, 15) is 4.79 Å². The molecule has 0 fully saturated rings. The molecule has 0 amide bonds. The van der Waals surface area contributed by atoms with Gasteiger partial charge in [0, 0.05) is 17.0 Å². The SMILES string of the molecule is C=CC.C=Cc1nc(Nc2n[nH]c(-c3ccc(NSCC)cc3)c2C=O)ccc1C.CN. The molecule has 3 rings (SSSR count). The maximum Gasteiger partial charge on any atom is 0.164 e. The van der Waals surface area contributed by atoms with Crippen LogP contribution in [0.2, 0.25) is 0 Å². The van der Waals surface area contributed by atoms with Crippen molar-refractivity contribution >= 4 is 41.6 Å². The van der Waals surface area contributed by atoms with E-state index in [4.69, 9.17) is 0 Å². The number of pyridine rings is 1. The van der Waals surface area contributed by atoms with E-state index in [1.54, 1.807) is 24.1 Å². The van der Waals surface area contributed by atoms with Crippen molar-refractivity contribution in [2.75, 3.05) is 22.8 Å². The van der Waals surface area contributed by atoms with Gasteiger partial charge in [-0.25, -0.2) is 4.98 Å². The first-order chi connectivity index (χ1) is 15.6. The maximum absolute atomic E-state index is 11.7. The first-order valence-corrected chi connectivity index (χ1v) is 11.1. The molecule has 8 heteroatoms. The minimum atomic E-state index is 0.440. The van der Waals surface area contributed by atoms with E-state index in [1.165, 1.54) is 7.05 Å². The summed E-state index contributed by atoms with van der Waals surface area (Å²) in [6, 6.07) is 11.6. The van der Waals surface area contributed by atoms with Crippen LogP contribution in [0, 0.1) is 6.92 Å². The van der Waals surface area contributed by atoms with Crippen molar-refractivity contribution in [3.05, 3.63) is 72.5 Å². The summed E-state index contributed by atoms with van der Waals surface area (Å²) >= 11 is 1.63. The van der Waals surface area contributed by atoms with E-state index in [2.05, 4.69) is 51.0 Å². The van der Waals surface area contributed by atoms with Gasteiger partial charge in [0.1, 0.15) is 5.82 Å². The Bertz CT molecular complexity index is 998. The number of nitrogens with zero attached hydrogens (tertiary/aromatic N) is 2. The van der Waals surface area contributed by atoms with Crippen LogP contribution in [-0.2, 0) is 0 Å². The summed E-state index contributed by atoms with van der Waals surface area (Å²) in [6.07, 6.45) is 4.24. The van der Waals surface area contributed by atoms with Gasteiger partial charge in [-0.2, -0.15) is 5.10 Å². The number of rotatable bonds is 8. The Balaban J connectivity index is 0.000000944. The van der Waals surface area contributed by atoms with Crippen LogP contribution in [0.15, 0.2) is 55.6 Å². The topological polar surface area (TPSA) is 109 Å². The Morgan fingerprint density at radius 2 is 1.81 bits per heavy atom. The Labute approximate surface area is 194 Å². The third-order valence-electron chi connectivity index (χ3n) is 4.01. The fourth-order valence-electron chi connectivity index (χ4n) is 2.58. The van der Waals surface area contributed by atoms with Gasteiger partial charge < -0.3 is 15.8 Å². The number of carbonyl (C=O) groups is 1. The fraction of sp³-hybridized carbons (Fsp3) is 0.208. The van der Waals surface area contributed by atoms with E-state index < -0.39 is 0 Å². The lowest BCUT2D eigenvalue weighted by Gasteiger charge is -2.07. The predicted molar refractivity (Wildman–Crippen MR) is 139 cm³/mol. The largest absolute Gasteiger partial charge is 0.333 e. The van der Waals surface area contributed by atoms with Crippen LogP contribution in [0.5, 0.6) is 0 Å². The number of hydrogen-bond donors (Lipinski definition) is 4. The Kier molecular flexibility index (Phi) is 12.2. The number of nitrogens with two attached hydrogens (primary N) is 1. The molecular formula is C24H32N6OS. The highest BCUT2D eigenvalue weighted by atomic mass is 32.2. The number of aromatic nitrogens is 3. The summed E-state index contributed by atoms with van der Waals surface area (Å²) in [6.45, 7) is 13.1. The summed E-state index contributed by atoms with van der Waals surface area (Å²) in [4.78, 5) is 16.2. The van der Waals surface area contributed by atoms with Gasteiger partial charge in [0.15, 0.2) is 12.1 Å². The standard InChI is InChI=1S/C20H21N5OS.C3H6.CH5N/c1-4-17-13(3)6-11-18(21-17)22-20-16(12-26)19(23-24-20)14-7-9-15(10-8-14)25-27-5-2;1-3-2;1-2/h4,6-12,25H,1,5H2,2-3H3,(H2,21,22,23,24);3H,1H2,2H3;2H2,1H3. The minimum Gasteiger partial charge on any atom is -0.333 e. The van der Waals surface area contributed by atoms with E-state index in [0.717, 1.165) is 34.5 Å². The zero-order valence-corrected chi connectivity index (χ0v) is 19.9. The number of carbonyl (C=O) groups excluding carboxylic acids is 1. The number of aryl methyl sites for hydroxylation is 1. The van der Waals surface area contributed by atoms with Crippen molar-refractivity contribution < 1.29 is 4.79 Å². The molecule has 0 spiro atoms.